The van der Waals surface area contributed by atoms with Gasteiger partial charge in [0.15, 0.2) is 0 Å². The molecule has 0 aromatic carbocycles. The van der Waals surface area contributed by atoms with E-state index in [9.17, 15) is 4.79 Å². The minimum absolute atomic E-state index is 0.0618. The lowest BCUT2D eigenvalue weighted by Crippen LogP contribution is -2.19. The van der Waals surface area contributed by atoms with Gasteiger partial charge in [0.1, 0.15) is 5.82 Å². The van der Waals surface area contributed by atoms with E-state index in [0.29, 0.717) is 5.92 Å². The van der Waals surface area contributed by atoms with Gasteiger partial charge >= 0.3 is 0 Å². The molecule has 0 bridgehead atoms. The number of aromatic amines is 1. The Morgan fingerprint density at radius 2 is 1.76 bits per heavy atom. The first-order valence-corrected chi connectivity index (χ1v) is 10.3. The van der Waals surface area contributed by atoms with Crippen molar-refractivity contribution in [2.75, 3.05) is 0 Å². The lowest BCUT2D eigenvalue weighted by Gasteiger charge is -2.21. The maximum Gasteiger partial charge on any atom is 0.264 e. The Hall–Kier alpha value is -0.0400. The summed E-state index contributed by atoms with van der Waals surface area (Å²) in [7, 11) is 0. The molecule has 3 nitrogen and oxygen atoms in total. The number of H-pyrrole nitrogens is 1. The molecule has 0 radical (unpaired) electrons. The van der Waals surface area contributed by atoms with Gasteiger partial charge in [0.2, 0.25) is 0 Å². The summed E-state index contributed by atoms with van der Waals surface area (Å²) in [5.41, 5.74) is 1.13. The molecular weight excluding hydrogens is 395 g/mol. The van der Waals surface area contributed by atoms with Crippen LogP contribution in [0.5, 0.6) is 0 Å². The zero-order valence-corrected chi connectivity index (χ0v) is 15.3. The predicted octanol–water partition coefficient (Wildman–Crippen LogP) is 4.60. The van der Waals surface area contributed by atoms with Gasteiger partial charge in [-0.15, -0.1) is 0 Å². The van der Waals surface area contributed by atoms with E-state index in [1.807, 2.05) is 11.8 Å². The van der Waals surface area contributed by atoms with Gasteiger partial charge < -0.3 is 4.98 Å². The number of hydrogen-bond acceptors (Lipinski definition) is 3. The summed E-state index contributed by atoms with van der Waals surface area (Å²) < 4.78 is 0.811. The highest BCUT2D eigenvalue weighted by Crippen LogP contribution is 2.35. The van der Waals surface area contributed by atoms with Crippen LogP contribution in [0.1, 0.15) is 75.2 Å². The van der Waals surface area contributed by atoms with E-state index in [0.717, 1.165) is 26.1 Å². The van der Waals surface area contributed by atoms with Crippen molar-refractivity contribution in [3.8, 4) is 0 Å². The average molecular weight is 418 g/mol. The molecular formula is C16H23IN2OS. The third-order valence-electron chi connectivity index (χ3n) is 4.69. The fraction of sp³-hybridized carbons (Fsp3) is 0.750. The van der Waals surface area contributed by atoms with Crippen molar-refractivity contribution in [2.24, 2.45) is 0 Å². The molecule has 0 amide bonds. The molecule has 1 aromatic rings. The van der Waals surface area contributed by atoms with E-state index < -0.39 is 0 Å². The van der Waals surface area contributed by atoms with Crippen LogP contribution in [0.2, 0.25) is 0 Å². The molecule has 0 atom stereocenters. The largest absolute Gasteiger partial charge is 0.309 e. The Bertz CT molecular complexity index is 534. The van der Waals surface area contributed by atoms with Crippen LogP contribution in [0.4, 0.5) is 0 Å². The average Bonchev–Trinajstić information content (AvgIpc) is 3.03. The van der Waals surface area contributed by atoms with Crippen LogP contribution in [0, 0.1) is 3.57 Å². The van der Waals surface area contributed by atoms with Gasteiger partial charge in [-0.2, -0.15) is 11.8 Å². The molecule has 21 heavy (non-hydrogen) atoms. The second-order valence-corrected chi connectivity index (χ2v) is 8.63. The smallest absolute Gasteiger partial charge is 0.264 e. The highest BCUT2D eigenvalue weighted by molar-refractivity contribution is 14.1. The van der Waals surface area contributed by atoms with Crippen LogP contribution in [-0.4, -0.2) is 15.2 Å². The molecule has 0 spiro atoms. The van der Waals surface area contributed by atoms with Crippen molar-refractivity contribution in [2.45, 2.75) is 74.7 Å². The highest BCUT2D eigenvalue weighted by Gasteiger charge is 2.23. The normalized spacial score (nSPS) is 21.0. The summed E-state index contributed by atoms with van der Waals surface area (Å²) in [6.07, 6.45) is 11.7. The Balaban J connectivity index is 1.71. The van der Waals surface area contributed by atoms with Crippen LogP contribution in [0.25, 0.3) is 0 Å². The quantitative estimate of drug-likeness (QED) is 0.728. The van der Waals surface area contributed by atoms with E-state index in [1.54, 1.807) is 0 Å². The molecule has 5 heteroatoms. The van der Waals surface area contributed by atoms with Crippen LogP contribution in [0.15, 0.2) is 4.79 Å². The molecule has 2 saturated carbocycles. The Labute approximate surface area is 144 Å². The lowest BCUT2D eigenvalue weighted by atomic mass is 10.0. The van der Waals surface area contributed by atoms with Gasteiger partial charge in [-0.05, 0) is 48.3 Å². The van der Waals surface area contributed by atoms with Crippen molar-refractivity contribution in [3.63, 3.8) is 0 Å². The van der Waals surface area contributed by atoms with E-state index >= 15 is 0 Å². The van der Waals surface area contributed by atoms with Crippen LogP contribution in [0.3, 0.4) is 0 Å². The highest BCUT2D eigenvalue weighted by atomic mass is 127. The first-order chi connectivity index (χ1) is 10.2. The Morgan fingerprint density at radius 1 is 1.10 bits per heavy atom. The third kappa shape index (κ3) is 4.03. The maximum absolute atomic E-state index is 12.2. The molecule has 2 aliphatic carbocycles. The molecule has 1 N–H and O–H groups in total. The Morgan fingerprint density at radius 3 is 2.48 bits per heavy atom. The van der Waals surface area contributed by atoms with E-state index in [4.69, 9.17) is 4.98 Å². The van der Waals surface area contributed by atoms with Gasteiger partial charge in [0, 0.05) is 11.2 Å². The monoisotopic (exact) mass is 418 g/mol. The van der Waals surface area contributed by atoms with Crippen LogP contribution in [-0.2, 0) is 5.75 Å². The number of halogens is 1. The number of thioether (sulfide) groups is 1. The maximum atomic E-state index is 12.2. The van der Waals surface area contributed by atoms with Gasteiger partial charge in [0.05, 0.1) is 15.0 Å². The number of rotatable bonds is 4. The molecule has 2 aliphatic rings. The molecule has 1 heterocycles. The van der Waals surface area contributed by atoms with E-state index in [1.165, 1.54) is 57.8 Å². The number of nitrogens with zero attached hydrogens (tertiary/aromatic N) is 1. The van der Waals surface area contributed by atoms with Crippen molar-refractivity contribution >= 4 is 34.4 Å². The minimum atomic E-state index is 0.0618. The predicted molar refractivity (Wildman–Crippen MR) is 97.0 cm³/mol. The topological polar surface area (TPSA) is 45.8 Å². The fourth-order valence-corrected chi connectivity index (χ4v) is 5.38. The van der Waals surface area contributed by atoms with Crippen LogP contribution >= 0.6 is 34.4 Å². The molecule has 0 unspecified atom stereocenters. The summed E-state index contributed by atoms with van der Waals surface area (Å²) in [5, 5.41) is 0.762. The zero-order chi connectivity index (χ0) is 14.7. The van der Waals surface area contributed by atoms with Crippen molar-refractivity contribution in [1.29, 1.82) is 0 Å². The van der Waals surface area contributed by atoms with Crippen molar-refractivity contribution in [3.05, 3.63) is 25.4 Å². The van der Waals surface area contributed by atoms with Gasteiger partial charge in [-0.1, -0.05) is 32.1 Å². The molecule has 1 aromatic heterocycles. The molecule has 3 rings (SSSR count). The first-order valence-electron chi connectivity index (χ1n) is 8.14. The standard InChI is InChI=1S/C16H23IN2OS/c17-14-15(11-6-4-5-7-11)18-13(19-16(14)20)10-21-12-8-2-1-3-9-12/h11-12H,1-10H2,(H,18,19,20). The van der Waals surface area contributed by atoms with Crippen LogP contribution < -0.4 is 5.56 Å². The van der Waals surface area contributed by atoms with Gasteiger partial charge in [-0.3, -0.25) is 4.79 Å². The second kappa shape index (κ2) is 7.49. The number of aromatic nitrogens is 2. The summed E-state index contributed by atoms with van der Waals surface area (Å²) in [6, 6.07) is 0. The third-order valence-corrected chi connectivity index (χ3v) is 7.11. The number of hydrogen-bond donors (Lipinski definition) is 1. The van der Waals surface area contributed by atoms with E-state index in [2.05, 4.69) is 27.6 Å². The lowest BCUT2D eigenvalue weighted by molar-refractivity contribution is 0.516. The van der Waals surface area contributed by atoms with Crippen molar-refractivity contribution in [1.82, 2.24) is 9.97 Å². The molecule has 2 fully saturated rings. The summed E-state index contributed by atoms with van der Waals surface area (Å²) in [5.74, 6) is 2.26. The molecule has 116 valence electrons. The van der Waals surface area contributed by atoms with Crippen molar-refractivity contribution < 1.29 is 0 Å². The summed E-state index contributed by atoms with van der Waals surface area (Å²) >= 11 is 4.15. The van der Waals surface area contributed by atoms with Gasteiger partial charge in [0.25, 0.3) is 5.56 Å². The molecule has 0 aliphatic heterocycles. The summed E-state index contributed by atoms with van der Waals surface area (Å²) in [4.78, 5) is 20.0. The fourth-order valence-electron chi connectivity index (χ4n) is 3.49. The molecule has 0 saturated heterocycles. The Kier molecular flexibility index (Phi) is 5.65. The van der Waals surface area contributed by atoms with E-state index in [-0.39, 0.29) is 5.56 Å². The first kappa shape index (κ1) is 15.8. The SMILES string of the molecule is O=c1[nH]c(CSC2CCCCC2)nc(C2CCCC2)c1I. The zero-order valence-electron chi connectivity index (χ0n) is 12.4. The minimum Gasteiger partial charge on any atom is -0.309 e. The summed E-state index contributed by atoms with van der Waals surface area (Å²) in [6.45, 7) is 0. The second-order valence-electron chi connectivity index (χ2n) is 6.26. The van der Waals surface area contributed by atoms with Gasteiger partial charge in [-0.25, -0.2) is 4.98 Å². The number of nitrogens with one attached hydrogen (secondary N) is 1.